The van der Waals surface area contributed by atoms with Crippen molar-refractivity contribution in [2.24, 2.45) is 0 Å². The zero-order chi connectivity index (χ0) is 15.3. The van der Waals surface area contributed by atoms with Crippen LogP contribution in [0.1, 0.15) is 5.56 Å². The third-order valence-corrected chi connectivity index (χ3v) is 3.02. The fourth-order valence-electron chi connectivity index (χ4n) is 1.84. The molecule has 0 aliphatic heterocycles. The summed E-state index contributed by atoms with van der Waals surface area (Å²) >= 11 is 0. The van der Waals surface area contributed by atoms with Gasteiger partial charge in [-0.25, -0.2) is 4.79 Å². The molecule has 0 aliphatic rings. The number of benzene rings is 2. The molecular formula is C18H20NO2+. The number of carbonyl (C=O) groups excluding carboxylic acids is 1. The fraction of sp³-hybridized carbons (Fsp3) is 0.167. The molecule has 0 fully saturated rings. The molecule has 0 saturated heterocycles. The van der Waals surface area contributed by atoms with Gasteiger partial charge in [0.2, 0.25) is 0 Å². The molecule has 2 aromatic carbocycles. The number of rotatable bonds is 4. The number of ether oxygens (including phenoxy) is 1. The van der Waals surface area contributed by atoms with Crippen molar-refractivity contribution in [1.82, 2.24) is 4.48 Å². The second-order valence-corrected chi connectivity index (χ2v) is 5.67. The number of hydrogen-bond donors (Lipinski definition) is 0. The zero-order valence-electron chi connectivity index (χ0n) is 12.6. The highest BCUT2D eigenvalue weighted by Crippen LogP contribution is 2.22. The largest absolute Gasteiger partial charge is 0.423 e. The van der Waals surface area contributed by atoms with Crippen LogP contribution in [0.25, 0.3) is 6.08 Å². The van der Waals surface area contributed by atoms with Crippen molar-refractivity contribution in [3.05, 3.63) is 66.2 Å². The van der Waals surface area contributed by atoms with E-state index in [9.17, 15) is 4.79 Å². The summed E-state index contributed by atoms with van der Waals surface area (Å²) in [5.41, 5.74) is 2.04. The Morgan fingerprint density at radius 1 is 1.00 bits per heavy atom. The number of quaternary nitrogens is 1. The maximum absolute atomic E-state index is 11.8. The van der Waals surface area contributed by atoms with Crippen LogP contribution in [0.5, 0.6) is 5.75 Å². The van der Waals surface area contributed by atoms with Gasteiger partial charge < -0.3 is 4.74 Å². The van der Waals surface area contributed by atoms with Crippen molar-refractivity contribution >= 4 is 17.7 Å². The molecule has 3 heteroatoms. The van der Waals surface area contributed by atoms with E-state index in [4.69, 9.17) is 4.74 Å². The van der Waals surface area contributed by atoms with Gasteiger partial charge in [0.05, 0.1) is 21.1 Å². The molecule has 3 nitrogen and oxygen atoms in total. The van der Waals surface area contributed by atoms with E-state index in [2.05, 4.69) is 21.1 Å². The van der Waals surface area contributed by atoms with Crippen LogP contribution in [0.4, 0.5) is 5.69 Å². The van der Waals surface area contributed by atoms with E-state index in [0.717, 1.165) is 11.3 Å². The minimum absolute atomic E-state index is 0.377. The van der Waals surface area contributed by atoms with Gasteiger partial charge in [-0.2, -0.15) is 0 Å². The van der Waals surface area contributed by atoms with Crippen LogP contribution >= 0.6 is 0 Å². The maximum Gasteiger partial charge on any atom is 0.336 e. The third-order valence-electron chi connectivity index (χ3n) is 3.02. The molecule has 0 N–H and O–H groups in total. The Hall–Kier alpha value is -2.39. The molecule has 0 heterocycles. The minimum Gasteiger partial charge on any atom is -0.423 e. The second-order valence-electron chi connectivity index (χ2n) is 5.67. The van der Waals surface area contributed by atoms with E-state index in [1.165, 1.54) is 6.08 Å². The van der Waals surface area contributed by atoms with Crippen LogP contribution in [-0.4, -0.2) is 27.1 Å². The minimum atomic E-state index is -0.377. The van der Waals surface area contributed by atoms with Crippen molar-refractivity contribution < 1.29 is 9.53 Å². The monoisotopic (exact) mass is 282 g/mol. The van der Waals surface area contributed by atoms with Crippen molar-refractivity contribution in [2.45, 2.75) is 0 Å². The molecule has 0 amide bonds. The SMILES string of the molecule is C[N+](C)(C)c1cccc(OC(=O)/C=C/c2ccccc2)c1. The van der Waals surface area contributed by atoms with Crippen LogP contribution in [0, 0.1) is 0 Å². The van der Waals surface area contributed by atoms with Crippen LogP contribution in [0.2, 0.25) is 0 Å². The summed E-state index contributed by atoms with van der Waals surface area (Å²) in [4.78, 5) is 11.8. The average Bonchev–Trinajstić information content (AvgIpc) is 2.46. The van der Waals surface area contributed by atoms with Gasteiger partial charge >= 0.3 is 5.97 Å². The van der Waals surface area contributed by atoms with Gasteiger partial charge in [0.15, 0.2) is 0 Å². The average molecular weight is 282 g/mol. The molecule has 0 unspecified atom stereocenters. The number of esters is 1. The number of carbonyl (C=O) groups is 1. The van der Waals surface area contributed by atoms with Gasteiger partial charge in [0.1, 0.15) is 11.4 Å². The first-order chi connectivity index (χ1) is 9.95. The Bertz CT molecular complexity index is 640. The lowest BCUT2D eigenvalue weighted by molar-refractivity contribution is -0.128. The van der Waals surface area contributed by atoms with E-state index in [1.807, 2.05) is 48.5 Å². The van der Waals surface area contributed by atoms with Crippen LogP contribution < -0.4 is 9.22 Å². The Kier molecular flexibility index (Phi) is 4.55. The summed E-state index contributed by atoms with van der Waals surface area (Å²) in [5.74, 6) is 0.181. The second kappa shape index (κ2) is 6.37. The Labute approximate surface area is 125 Å². The lowest BCUT2D eigenvalue weighted by Crippen LogP contribution is -2.34. The molecule has 0 bridgehead atoms. The van der Waals surface area contributed by atoms with Crippen molar-refractivity contribution in [3.8, 4) is 5.75 Å². The zero-order valence-corrected chi connectivity index (χ0v) is 12.6. The highest BCUT2D eigenvalue weighted by molar-refractivity contribution is 5.88. The van der Waals surface area contributed by atoms with E-state index in [0.29, 0.717) is 10.2 Å². The van der Waals surface area contributed by atoms with Gasteiger partial charge in [0, 0.05) is 12.1 Å². The molecule has 0 aromatic heterocycles. The predicted molar refractivity (Wildman–Crippen MR) is 87.1 cm³/mol. The summed E-state index contributed by atoms with van der Waals surface area (Å²) in [6, 6.07) is 17.2. The lowest BCUT2D eigenvalue weighted by Gasteiger charge is -2.23. The molecule has 2 rings (SSSR count). The van der Waals surface area contributed by atoms with Gasteiger partial charge in [-0.15, -0.1) is 0 Å². The van der Waals surface area contributed by atoms with Crippen molar-refractivity contribution in [2.75, 3.05) is 21.1 Å². The Morgan fingerprint density at radius 2 is 1.71 bits per heavy atom. The topological polar surface area (TPSA) is 26.3 Å². The van der Waals surface area contributed by atoms with E-state index >= 15 is 0 Å². The molecular weight excluding hydrogens is 262 g/mol. The molecule has 0 saturated carbocycles. The first-order valence-corrected chi connectivity index (χ1v) is 6.82. The third kappa shape index (κ3) is 4.58. The molecule has 108 valence electrons. The van der Waals surface area contributed by atoms with E-state index < -0.39 is 0 Å². The molecule has 0 aliphatic carbocycles. The normalized spacial score (nSPS) is 11.6. The Morgan fingerprint density at radius 3 is 2.38 bits per heavy atom. The van der Waals surface area contributed by atoms with Gasteiger partial charge in [-0.1, -0.05) is 36.4 Å². The van der Waals surface area contributed by atoms with Gasteiger partial charge in [-0.05, 0) is 23.8 Å². The predicted octanol–water partition coefficient (Wildman–Crippen LogP) is 3.50. The highest BCUT2D eigenvalue weighted by atomic mass is 16.5. The number of hydrogen-bond acceptors (Lipinski definition) is 2. The summed E-state index contributed by atoms with van der Waals surface area (Å²) in [6.45, 7) is 0. The maximum atomic E-state index is 11.8. The van der Waals surface area contributed by atoms with Crippen molar-refractivity contribution in [1.29, 1.82) is 0 Å². The molecule has 21 heavy (non-hydrogen) atoms. The quantitative estimate of drug-likeness (QED) is 0.371. The molecule has 2 aromatic rings. The molecule has 0 radical (unpaired) electrons. The van der Waals surface area contributed by atoms with Gasteiger partial charge in [-0.3, -0.25) is 4.48 Å². The number of nitrogens with zero attached hydrogens (tertiary/aromatic N) is 1. The first kappa shape index (κ1) is 15.0. The first-order valence-electron chi connectivity index (χ1n) is 6.82. The fourth-order valence-corrected chi connectivity index (χ4v) is 1.84. The summed E-state index contributed by atoms with van der Waals surface area (Å²) < 4.78 is 6.01. The van der Waals surface area contributed by atoms with Crippen molar-refractivity contribution in [3.63, 3.8) is 0 Å². The van der Waals surface area contributed by atoms with Crippen LogP contribution in [-0.2, 0) is 4.79 Å². The van der Waals surface area contributed by atoms with Gasteiger partial charge in [0.25, 0.3) is 0 Å². The lowest BCUT2D eigenvalue weighted by atomic mass is 10.2. The summed E-state index contributed by atoms with van der Waals surface area (Å²) in [5, 5.41) is 0. The molecule has 0 atom stereocenters. The van der Waals surface area contributed by atoms with E-state index in [-0.39, 0.29) is 5.97 Å². The molecule has 0 spiro atoms. The smallest absolute Gasteiger partial charge is 0.336 e. The van der Waals surface area contributed by atoms with E-state index in [1.54, 1.807) is 12.1 Å². The standard InChI is InChI=1S/C18H20NO2/c1-19(2,3)16-10-7-11-17(14-16)21-18(20)13-12-15-8-5-4-6-9-15/h4-14H,1-3H3/q+1/b13-12+. The highest BCUT2D eigenvalue weighted by Gasteiger charge is 2.13. The van der Waals surface area contributed by atoms with Crippen LogP contribution in [0.3, 0.4) is 0 Å². The summed E-state index contributed by atoms with van der Waals surface area (Å²) in [6.07, 6.45) is 3.18. The van der Waals surface area contributed by atoms with Crippen LogP contribution in [0.15, 0.2) is 60.7 Å². The summed E-state index contributed by atoms with van der Waals surface area (Å²) in [7, 11) is 6.20. The Balaban J connectivity index is 2.05.